The van der Waals surface area contributed by atoms with Gasteiger partial charge < -0.3 is 0 Å². The number of nitrogens with zero attached hydrogens (tertiary/aromatic N) is 1. The standard InChI is InChI=1S/C26H15NSSe/c1-3-9-21-16(6-1)18-12-13-23-20(14-15-28-23)25(18)27(21)22-10-5-8-19-17-7-2-4-11-24(17)29-26(19)22/h1-15H. The van der Waals surface area contributed by atoms with Crippen LogP contribution in [0.4, 0.5) is 0 Å². The molecule has 29 heavy (non-hydrogen) atoms. The molecule has 7 rings (SSSR count). The quantitative estimate of drug-likeness (QED) is 0.229. The summed E-state index contributed by atoms with van der Waals surface area (Å²) in [5.74, 6) is 0. The van der Waals surface area contributed by atoms with E-state index in [1.807, 2.05) is 11.3 Å². The summed E-state index contributed by atoms with van der Waals surface area (Å²) in [4.78, 5) is 0. The molecule has 136 valence electrons. The Hall–Kier alpha value is -2.84. The van der Waals surface area contributed by atoms with Crippen LogP contribution in [-0.2, 0) is 0 Å². The molecule has 0 aliphatic heterocycles. The summed E-state index contributed by atoms with van der Waals surface area (Å²) in [5, 5.41) is 9.04. The van der Waals surface area contributed by atoms with Gasteiger partial charge in [0.05, 0.1) is 0 Å². The van der Waals surface area contributed by atoms with Crippen LogP contribution < -0.4 is 0 Å². The first-order valence-corrected chi connectivity index (χ1v) is 12.3. The molecule has 7 aromatic rings. The molecule has 0 atom stereocenters. The van der Waals surface area contributed by atoms with Gasteiger partial charge in [0, 0.05) is 0 Å². The van der Waals surface area contributed by atoms with Crippen LogP contribution >= 0.6 is 11.3 Å². The number of aromatic nitrogens is 1. The van der Waals surface area contributed by atoms with E-state index in [1.165, 1.54) is 56.9 Å². The van der Waals surface area contributed by atoms with Gasteiger partial charge in [0.25, 0.3) is 0 Å². The fourth-order valence-electron chi connectivity index (χ4n) is 4.66. The summed E-state index contributed by atoms with van der Waals surface area (Å²) in [6.07, 6.45) is 0. The van der Waals surface area contributed by atoms with E-state index in [4.69, 9.17) is 0 Å². The van der Waals surface area contributed by atoms with Crippen molar-refractivity contribution < 1.29 is 0 Å². The monoisotopic (exact) mass is 453 g/mol. The molecule has 0 saturated carbocycles. The zero-order valence-corrected chi connectivity index (χ0v) is 18.0. The van der Waals surface area contributed by atoms with Crippen LogP contribution in [0.25, 0.3) is 56.9 Å². The number of rotatable bonds is 1. The van der Waals surface area contributed by atoms with Crippen molar-refractivity contribution >= 4 is 77.0 Å². The number of hydrogen-bond acceptors (Lipinski definition) is 1. The van der Waals surface area contributed by atoms with Crippen LogP contribution in [0.3, 0.4) is 0 Å². The molecule has 3 heterocycles. The van der Waals surface area contributed by atoms with Gasteiger partial charge in [0.2, 0.25) is 0 Å². The molecule has 3 aromatic heterocycles. The topological polar surface area (TPSA) is 4.93 Å². The first kappa shape index (κ1) is 16.0. The molecule has 0 radical (unpaired) electrons. The molecule has 0 saturated heterocycles. The minimum atomic E-state index is 0.322. The van der Waals surface area contributed by atoms with Gasteiger partial charge >= 0.3 is 178 Å². The van der Waals surface area contributed by atoms with E-state index in [1.54, 1.807) is 0 Å². The van der Waals surface area contributed by atoms with Gasteiger partial charge in [-0.3, -0.25) is 0 Å². The van der Waals surface area contributed by atoms with E-state index in [2.05, 4.69) is 94.9 Å². The molecule has 0 aliphatic carbocycles. The normalized spacial score (nSPS) is 12.1. The van der Waals surface area contributed by atoms with E-state index in [0.717, 1.165) is 0 Å². The van der Waals surface area contributed by atoms with Gasteiger partial charge in [-0.25, -0.2) is 0 Å². The zero-order valence-electron chi connectivity index (χ0n) is 15.4. The van der Waals surface area contributed by atoms with Gasteiger partial charge in [-0.2, -0.15) is 0 Å². The average molecular weight is 452 g/mol. The number of benzene rings is 4. The zero-order chi connectivity index (χ0) is 18.9. The van der Waals surface area contributed by atoms with Crippen molar-refractivity contribution in [3.63, 3.8) is 0 Å². The van der Waals surface area contributed by atoms with Crippen LogP contribution in [0.5, 0.6) is 0 Å². The Morgan fingerprint density at radius 1 is 0.621 bits per heavy atom. The minimum absolute atomic E-state index is 0.322. The molecule has 0 amide bonds. The molecule has 0 bridgehead atoms. The Morgan fingerprint density at radius 2 is 1.45 bits per heavy atom. The summed E-state index contributed by atoms with van der Waals surface area (Å²) in [6.45, 7) is 0. The molecule has 4 aromatic carbocycles. The predicted molar refractivity (Wildman–Crippen MR) is 128 cm³/mol. The molecule has 0 unspecified atom stereocenters. The summed E-state index contributed by atoms with van der Waals surface area (Å²) < 4.78 is 6.86. The second-order valence-electron chi connectivity index (χ2n) is 7.40. The number of para-hydroxylation sites is 1. The second-order valence-corrected chi connectivity index (χ2v) is 10.6. The number of thiophene rings is 1. The molecule has 0 spiro atoms. The fraction of sp³-hybridized carbons (Fsp3) is 0. The predicted octanol–water partition coefficient (Wildman–Crippen LogP) is 7.36. The Bertz CT molecular complexity index is 1710. The van der Waals surface area contributed by atoms with Crippen molar-refractivity contribution in [1.82, 2.24) is 4.57 Å². The maximum atomic E-state index is 2.52. The van der Waals surface area contributed by atoms with Crippen LogP contribution in [0.1, 0.15) is 0 Å². The molecular formula is C26H15NSSe. The molecule has 1 nitrogen and oxygen atoms in total. The van der Waals surface area contributed by atoms with E-state index < -0.39 is 0 Å². The van der Waals surface area contributed by atoms with Crippen molar-refractivity contribution in [1.29, 1.82) is 0 Å². The Labute approximate surface area is 177 Å². The van der Waals surface area contributed by atoms with E-state index in [9.17, 15) is 0 Å². The molecule has 0 fully saturated rings. The summed E-state index contributed by atoms with van der Waals surface area (Å²) >= 11 is 2.14. The van der Waals surface area contributed by atoms with E-state index in [-0.39, 0.29) is 0 Å². The third-order valence-electron chi connectivity index (χ3n) is 5.89. The van der Waals surface area contributed by atoms with Crippen molar-refractivity contribution in [3.05, 3.63) is 90.3 Å². The number of fused-ring (bicyclic) bond motifs is 8. The van der Waals surface area contributed by atoms with Crippen LogP contribution in [0.15, 0.2) is 90.3 Å². The second kappa shape index (κ2) is 5.84. The SMILES string of the molecule is c1ccc2c(c1)[se]c1c(-n3c4ccccc4c4ccc5sccc5c43)cccc12. The van der Waals surface area contributed by atoms with Gasteiger partial charge in [-0.15, -0.1) is 0 Å². The van der Waals surface area contributed by atoms with E-state index >= 15 is 0 Å². The maximum absolute atomic E-state index is 2.52. The molecular weight excluding hydrogens is 437 g/mol. The van der Waals surface area contributed by atoms with Crippen molar-refractivity contribution in [2.75, 3.05) is 0 Å². The van der Waals surface area contributed by atoms with Crippen molar-refractivity contribution in [2.45, 2.75) is 0 Å². The Kier molecular flexibility index (Phi) is 3.22. The number of hydrogen-bond donors (Lipinski definition) is 0. The average Bonchev–Trinajstić information content (AvgIpc) is 3.46. The molecule has 0 N–H and O–H groups in total. The first-order chi connectivity index (χ1) is 14.4. The summed E-state index contributed by atoms with van der Waals surface area (Å²) in [7, 11) is 0. The Balaban J connectivity index is 1.75. The molecule has 0 aliphatic rings. The van der Waals surface area contributed by atoms with Crippen molar-refractivity contribution in [2.24, 2.45) is 0 Å². The molecule has 3 heteroatoms. The first-order valence-electron chi connectivity index (χ1n) is 9.70. The van der Waals surface area contributed by atoms with Crippen LogP contribution in [-0.4, -0.2) is 19.1 Å². The van der Waals surface area contributed by atoms with Crippen LogP contribution in [0, 0.1) is 0 Å². The fourth-order valence-corrected chi connectivity index (χ4v) is 7.98. The van der Waals surface area contributed by atoms with Gasteiger partial charge in [0.15, 0.2) is 0 Å². The van der Waals surface area contributed by atoms with Gasteiger partial charge in [-0.05, 0) is 0 Å². The van der Waals surface area contributed by atoms with Gasteiger partial charge in [-0.1, -0.05) is 0 Å². The Morgan fingerprint density at radius 3 is 2.41 bits per heavy atom. The van der Waals surface area contributed by atoms with Crippen molar-refractivity contribution in [3.8, 4) is 5.69 Å². The summed E-state index contributed by atoms with van der Waals surface area (Å²) in [6, 6.07) is 31.4. The van der Waals surface area contributed by atoms with E-state index in [0.29, 0.717) is 14.5 Å². The third kappa shape index (κ3) is 2.10. The van der Waals surface area contributed by atoms with Gasteiger partial charge in [0.1, 0.15) is 0 Å². The third-order valence-corrected chi connectivity index (χ3v) is 9.31. The summed E-state index contributed by atoms with van der Waals surface area (Å²) in [5.41, 5.74) is 3.97. The van der Waals surface area contributed by atoms with Crippen LogP contribution in [0.2, 0.25) is 0 Å².